The van der Waals surface area contributed by atoms with Crippen molar-refractivity contribution in [1.82, 2.24) is 4.90 Å². The quantitative estimate of drug-likeness (QED) is 0.162. The number of carbonyl (C=O) groups excluding carboxylic acids is 3. The third-order valence-electron chi connectivity index (χ3n) is 8.53. The maximum absolute atomic E-state index is 14.9. The number of benzene rings is 2. The molecule has 3 heterocycles. The number of carbonyl (C=O) groups is 3. The molecule has 0 aliphatic carbocycles. The number of nitrogens with zero attached hydrogens (tertiary/aromatic N) is 2. The highest BCUT2D eigenvalue weighted by Gasteiger charge is 2.77. The Morgan fingerprint density at radius 3 is 2.62 bits per heavy atom. The summed E-state index contributed by atoms with van der Waals surface area (Å²) in [5.74, 6) is -3.32. The second-order valence-electron chi connectivity index (χ2n) is 10.9. The number of halogens is 2. The Hall–Kier alpha value is -2.98. The van der Waals surface area contributed by atoms with Crippen molar-refractivity contribution in [2.45, 2.75) is 48.4 Å². The predicted molar refractivity (Wildman–Crippen MR) is 163 cm³/mol. The number of hydrogen-bond acceptors (Lipinski definition) is 6. The van der Waals surface area contributed by atoms with Gasteiger partial charge in [0.05, 0.1) is 47.9 Å². The molecular formula is C32H34BrClN2O6. The summed E-state index contributed by atoms with van der Waals surface area (Å²) in [5.41, 5.74) is 0.580. The van der Waals surface area contributed by atoms with Gasteiger partial charge in [-0.05, 0) is 37.0 Å². The van der Waals surface area contributed by atoms with Gasteiger partial charge >= 0.3 is 5.97 Å². The highest BCUT2D eigenvalue weighted by Crippen LogP contribution is 2.61. The Bertz CT molecular complexity index is 1370. The van der Waals surface area contributed by atoms with Gasteiger partial charge in [-0.25, -0.2) is 0 Å². The number of ether oxygens (including phenoxy) is 2. The van der Waals surface area contributed by atoms with Crippen LogP contribution in [0.15, 0.2) is 73.8 Å². The van der Waals surface area contributed by atoms with E-state index in [9.17, 15) is 19.5 Å². The molecule has 3 fully saturated rings. The third kappa shape index (κ3) is 4.90. The zero-order valence-electron chi connectivity index (χ0n) is 23.3. The summed E-state index contributed by atoms with van der Waals surface area (Å²) in [4.78, 5) is 45.6. The second kappa shape index (κ2) is 12.3. The van der Waals surface area contributed by atoms with Crippen LogP contribution in [0.3, 0.4) is 0 Å². The Kier molecular flexibility index (Phi) is 8.94. The minimum Gasteiger partial charge on any atom is -0.465 e. The lowest BCUT2D eigenvalue weighted by Crippen LogP contribution is -2.57. The minimum absolute atomic E-state index is 0.117. The first-order valence-electron chi connectivity index (χ1n) is 14.0. The van der Waals surface area contributed by atoms with Crippen LogP contribution >= 0.6 is 27.5 Å². The first-order chi connectivity index (χ1) is 20.2. The Morgan fingerprint density at radius 2 is 1.98 bits per heavy atom. The van der Waals surface area contributed by atoms with Crippen molar-refractivity contribution < 1.29 is 29.0 Å². The molecule has 0 radical (unpaired) electrons. The topological polar surface area (TPSA) is 96.4 Å². The van der Waals surface area contributed by atoms with Gasteiger partial charge in [0.2, 0.25) is 5.91 Å². The average Bonchev–Trinajstić information content (AvgIpc) is 3.57. The summed E-state index contributed by atoms with van der Waals surface area (Å²) in [6.45, 7) is 9.18. The van der Waals surface area contributed by atoms with Gasteiger partial charge in [0, 0.05) is 11.4 Å². The van der Waals surface area contributed by atoms with Gasteiger partial charge in [0.1, 0.15) is 11.6 Å². The lowest BCUT2D eigenvalue weighted by Gasteiger charge is -2.40. The number of aliphatic hydroxyl groups excluding tert-OH is 1. The second-order valence-corrected chi connectivity index (χ2v) is 12.5. The summed E-state index contributed by atoms with van der Waals surface area (Å²) in [6, 6.07) is 12.4. The van der Waals surface area contributed by atoms with Gasteiger partial charge < -0.3 is 24.4 Å². The van der Waals surface area contributed by atoms with Gasteiger partial charge in [-0.1, -0.05) is 82.1 Å². The number of para-hydroxylation sites is 1. The summed E-state index contributed by atoms with van der Waals surface area (Å²) < 4.78 is 12.2. The fraction of sp³-hybridized carbons (Fsp3) is 0.406. The van der Waals surface area contributed by atoms with Gasteiger partial charge in [0.25, 0.3) is 5.91 Å². The van der Waals surface area contributed by atoms with Crippen molar-refractivity contribution in [1.29, 1.82) is 0 Å². The Morgan fingerprint density at radius 1 is 1.24 bits per heavy atom. The summed E-state index contributed by atoms with van der Waals surface area (Å²) in [7, 11) is 0. The number of aryl methyl sites for hydroxylation is 1. The van der Waals surface area contributed by atoms with E-state index < -0.39 is 60.0 Å². The predicted octanol–water partition coefficient (Wildman–Crippen LogP) is 4.77. The first kappa shape index (κ1) is 30.5. The molecule has 0 aromatic heterocycles. The smallest absolute Gasteiger partial charge is 0.312 e. The molecule has 2 amide bonds. The van der Waals surface area contributed by atoms with Crippen LogP contribution in [0, 0.1) is 18.8 Å². The van der Waals surface area contributed by atoms with Crippen molar-refractivity contribution in [2.24, 2.45) is 11.8 Å². The van der Waals surface area contributed by atoms with Crippen LogP contribution in [0.25, 0.3) is 0 Å². The zero-order valence-corrected chi connectivity index (χ0v) is 25.7. The third-order valence-corrected chi connectivity index (χ3v) is 9.68. The van der Waals surface area contributed by atoms with E-state index in [0.29, 0.717) is 29.1 Å². The van der Waals surface area contributed by atoms with E-state index in [-0.39, 0.29) is 18.0 Å². The van der Waals surface area contributed by atoms with Crippen LogP contribution in [0.5, 0.6) is 0 Å². The Labute approximate surface area is 259 Å². The summed E-state index contributed by atoms with van der Waals surface area (Å²) in [6.07, 6.45) is 3.36. The number of aliphatic hydroxyl groups is 1. The van der Waals surface area contributed by atoms with Gasteiger partial charge in [-0.2, -0.15) is 0 Å². The number of esters is 1. The van der Waals surface area contributed by atoms with E-state index >= 15 is 0 Å². The van der Waals surface area contributed by atoms with Crippen LogP contribution < -0.4 is 4.90 Å². The molecule has 42 heavy (non-hydrogen) atoms. The molecule has 3 aliphatic heterocycles. The molecule has 2 aromatic rings. The Balaban J connectivity index is 1.66. The van der Waals surface area contributed by atoms with Crippen molar-refractivity contribution in [2.75, 3.05) is 24.7 Å². The largest absolute Gasteiger partial charge is 0.465 e. The molecule has 3 aliphatic rings. The van der Waals surface area contributed by atoms with Gasteiger partial charge in [0.15, 0.2) is 0 Å². The standard InChI is InChI=1S/C32H34BrClN2O6/c1-4-6-16-41-31(40)24-25-29(38)36(23(18-37)20-12-8-7-9-13-20)28(32(25)17-21(33)27(24)42-32)30(39)35(15-5-2)26-19(3)11-10-14-22(26)34/h4-5,7-14,21,23-25,27-28,37H,1-2,6,15-18H2,3H3/t21?,23-,24-,25+,27-,28?,32?/m1/s1. The number of fused-ring (bicyclic) bond motifs is 1. The molecule has 8 nitrogen and oxygen atoms in total. The zero-order chi connectivity index (χ0) is 30.2. The number of hydrogen-bond donors (Lipinski definition) is 1. The minimum atomic E-state index is -1.34. The maximum atomic E-state index is 14.9. The van der Waals surface area contributed by atoms with Crippen LogP contribution in [-0.4, -0.2) is 70.1 Å². The molecule has 1 N–H and O–H groups in total. The van der Waals surface area contributed by atoms with Gasteiger partial charge in [-0.3, -0.25) is 14.4 Å². The molecule has 7 atom stereocenters. The van der Waals surface area contributed by atoms with Crippen LogP contribution in [0.2, 0.25) is 5.02 Å². The van der Waals surface area contributed by atoms with E-state index in [1.54, 1.807) is 36.4 Å². The molecule has 222 valence electrons. The van der Waals surface area contributed by atoms with Gasteiger partial charge in [-0.15, -0.1) is 13.2 Å². The summed E-state index contributed by atoms with van der Waals surface area (Å²) in [5, 5.41) is 11.1. The fourth-order valence-electron chi connectivity index (χ4n) is 6.85. The van der Waals surface area contributed by atoms with Crippen molar-refractivity contribution in [3.05, 3.63) is 90.0 Å². The number of amides is 2. The van der Waals surface area contributed by atoms with Crippen molar-refractivity contribution >= 4 is 51.0 Å². The van der Waals surface area contributed by atoms with E-state index in [2.05, 4.69) is 29.1 Å². The monoisotopic (exact) mass is 656 g/mol. The molecule has 3 saturated heterocycles. The van der Waals surface area contributed by atoms with E-state index in [1.807, 2.05) is 31.2 Å². The summed E-state index contributed by atoms with van der Waals surface area (Å²) >= 11 is 10.3. The molecule has 2 bridgehead atoms. The van der Waals surface area contributed by atoms with Crippen molar-refractivity contribution in [3.63, 3.8) is 0 Å². The SMILES string of the molecule is C=CCCOC(=O)[C@H]1[C@@H]2OC3(CC2Br)C(C(=O)N(CC=C)c2c(C)cccc2Cl)N([C@H](CO)c2ccccc2)C(=O)[C@H]13. The molecule has 2 aromatic carbocycles. The number of anilines is 1. The maximum Gasteiger partial charge on any atom is 0.312 e. The number of alkyl halides is 1. The number of rotatable bonds is 11. The highest BCUT2D eigenvalue weighted by atomic mass is 79.9. The molecule has 5 rings (SSSR count). The molecule has 0 saturated carbocycles. The normalized spacial score (nSPS) is 28.3. The average molecular weight is 658 g/mol. The molecule has 1 spiro atoms. The van der Waals surface area contributed by atoms with Crippen LogP contribution in [0.4, 0.5) is 5.69 Å². The molecular weight excluding hydrogens is 624 g/mol. The van der Waals surface area contributed by atoms with E-state index in [1.165, 1.54) is 9.80 Å². The first-order valence-corrected chi connectivity index (χ1v) is 15.3. The lowest BCUT2D eigenvalue weighted by atomic mass is 9.70. The van der Waals surface area contributed by atoms with Crippen molar-refractivity contribution in [3.8, 4) is 0 Å². The van der Waals surface area contributed by atoms with Crippen LogP contribution in [-0.2, 0) is 23.9 Å². The highest BCUT2D eigenvalue weighted by molar-refractivity contribution is 9.09. The lowest BCUT2D eigenvalue weighted by molar-refractivity contribution is -0.155. The fourth-order valence-corrected chi connectivity index (χ4v) is 8.12. The van der Waals surface area contributed by atoms with Crippen LogP contribution in [0.1, 0.15) is 30.0 Å². The molecule has 10 heteroatoms. The number of likely N-dealkylation sites (tertiary alicyclic amines) is 1. The molecule has 3 unspecified atom stereocenters. The van der Waals surface area contributed by atoms with E-state index in [4.69, 9.17) is 21.1 Å². The van der Waals surface area contributed by atoms with E-state index in [0.717, 1.165) is 5.56 Å².